The lowest BCUT2D eigenvalue weighted by Gasteiger charge is -2.25. The summed E-state index contributed by atoms with van der Waals surface area (Å²) in [5.41, 5.74) is 2.43. The number of nitrogens with zero attached hydrogens (tertiary/aromatic N) is 5. The van der Waals surface area contributed by atoms with E-state index in [9.17, 15) is 5.11 Å². The number of aryl methyl sites for hydroxylation is 1. The third-order valence-corrected chi connectivity index (χ3v) is 5.22. The predicted molar refractivity (Wildman–Crippen MR) is 98.0 cm³/mol. The molecule has 0 bridgehead atoms. The summed E-state index contributed by atoms with van der Waals surface area (Å²) >= 11 is 0. The van der Waals surface area contributed by atoms with Gasteiger partial charge < -0.3 is 20.0 Å². The van der Waals surface area contributed by atoms with Gasteiger partial charge in [-0.25, -0.2) is 9.97 Å². The van der Waals surface area contributed by atoms with Crippen LogP contribution in [-0.2, 0) is 12.8 Å². The van der Waals surface area contributed by atoms with Crippen LogP contribution >= 0.6 is 0 Å². The van der Waals surface area contributed by atoms with Crippen LogP contribution in [0.4, 0.5) is 5.82 Å². The highest BCUT2D eigenvalue weighted by atomic mass is 16.3. The van der Waals surface area contributed by atoms with Crippen LogP contribution in [0.3, 0.4) is 0 Å². The molecule has 1 atom stereocenters. The number of aromatic nitrogens is 2. The molecule has 1 fully saturated rings. The summed E-state index contributed by atoms with van der Waals surface area (Å²) in [5.74, 6) is 1.96. The summed E-state index contributed by atoms with van der Waals surface area (Å²) in [6, 6.07) is 0. The highest BCUT2D eigenvalue weighted by Crippen LogP contribution is 2.25. The van der Waals surface area contributed by atoms with Crippen LogP contribution in [0, 0.1) is 6.92 Å². The van der Waals surface area contributed by atoms with E-state index in [1.807, 2.05) is 6.92 Å². The van der Waals surface area contributed by atoms with Crippen molar-refractivity contribution >= 4 is 5.82 Å². The van der Waals surface area contributed by atoms with Crippen LogP contribution < -0.4 is 4.90 Å². The van der Waals surface area contributed by atoms with E-state index in [1.54, 1.807) is 0 Å². The molecule has 1 aromatic rings. The Morgan fingerprint density at radius 2 is 1.84 bits per heavy atom. The Bertz CT molecular complexity index is 583. The Morgan fingerprint density at radius 1 is 1.04 bits per heavy atom. The van der Waals surface area contributed by atoms with Crippen molar-refractivity contribution in [3.05, 3.63) is 17.1 Å². The van der Waals surface area contributed by atoms with E-state index in [0.29, 0.717) is 6.54 Å². The number of hydrogen-bond donors (Lipinski definition) is 2. The van der Waals surface area contributed by atoms with Gasteiger partial charge in [0.2, 0.25) is 0 Å². The summed E-state index contributed by atoms with van der Waals surface area (Å²) in [6.07, 6.45) is 2.26. The molecule has 0 radical (unpaired) electrons. The van der Waals surface area contributed by atoms with E-state index < -0.39 is 6.10 Å². The average Bonchev–Trinajstić information content (AvgIpc) is 2.93. The second-order valence-electron chi connectivity index (χ2n) is 7.30. The van der Waals surface area contributed by atoms with Gasteiger partial charge in [0, 0.05) is 51.3 Å². The molecular weight excluding hydrogens is 318 g/mol. The molecule has 1 aromatic heterocycles. The number of likely N-dealkylation sites (N-methyl/N-ethyl adjacent to an activating group) is 1. The summed E-state index contributed by atoms with van der Waals surface area (Å²) in [6.45, 7) is 8.29. The second kappa shape index (κ2) is 8.40. The van der Waals surface area contributed by atoms with Crippen LogP contribution in [0.1, 0.15) is 23.5 Å². The maximum Gasteiger partial charge on any atom is 0.135 e. The largest absolute Gasteiger partial charge is 0.394 e. The maximum absolute atomic E-state index is 9.75. The normalized spacial score (nSPS) is 21.5. The number of aliphatic hydroxyl groups is 2. The van der Waals surface area contributed by atoms with Gasteiger partial charge >= 0.3 is 0 Å². The smallest absolute Gasteiger partial charge is 0.135 e. The maximum atomic E-state index is 9.75. The van der Waals surface area contributed by atoms with Crippen molar-refractivity contribution in [3.8, 4) is 0 Å². The van der Waals surface area contributed by atoms with Crippen molar-refractivity contribution in [2.24, 2.45) is 0 Å². The third kappa shape index (κ3) is 4.67. The van der Waals surface area contributed by atoms with Gasteiger partial charge in [0.15, 0.2) is 0 Å². The number of aliphatic hydroxyl groups excluding tert-OH is 2. The van der Waals surface area contributed by atoms with Crippen molar-refractivity contribution in [3.63, 3.8) is 0 Å². The summed E-state index contributed by atoms with van der Waals surface area (Å²) < 4.78 is 0. The number of rotatable bonds is 4. The number of fused-ring (bicyclic) bond motifs is 1. The van der Waals surface area contributed by atoms with Crippen LogP contribution in [0.25, 0.3) is 0 Å². The van der Waals surface area contributed by atoms with Gasteiger partial charge in [-0.2, -0.15) is 0 Å². The molecule has 25 heavy (non-hydrogen) atoms. The van der Waals surface area contributed by atoms with Crippen molar-refractivity contribution in [2.75, 3.05) is 64.4 Å². The molecule has 1 saturated heterocycles. The van der Waals surface area contributed by atoms with Crippen LogP contribution in [0.15, 0.2) is 0 Å². The van der Waals surface area contributed by atoms with E-state index in [1.165, 1.54) is 5.56 Å². The van der Waals surface area contributed by atoms with Gasteiger partial charge in [-0.3, -0.25) is 4.90 Å². The lowest BCUT2D eigenvalue weighted by atomic mass is 10.1. The Labute approximate surface area is 150 Å². The van der Waals surface area contributed by atoms with E-state index in [4.69, 9.17) is 15.1 Å². The zero-order valence-electron chi connectivity index (χ0n) is 15.5. The third-order valence-electron chi connectivity index (χ3n) is 5.22. The number of β-amino-alcohol motifs (C(OH)–C–C–N with tert-alkyl or cyclic N) is 1. The first-order valence-electron chi connectivity index (χ1n) is 9.38. The zero-order chi connectivity index (χ0) is 17.8. The number of anilines is 1. The van der Waals surface area contributed by atoms with E-state index >= 15 is 0 Å². The summed E-state index contributed by atoms with van der Waals surface area (Å²) in [7, 11) is 2.18. The first-order valence-corrected chi connectivity index (χ1v) is 9.38. The first kappa shape index (κ1) is 18.5. The zero-order valence-corrected chi connectivity index (χ0v) is 15.5. The second-order valence-corrected chi connectivity index (χ2v) is 7.30. The molecular formula is C18H31N5O2. The van der Waals surface area contributed by atoms with Gasteiger partial charge in [0.25, 0.3) is 0 Å². The molecule has 0 spiro atoms. The van der Waals surface area contributed by atoms with E-state index in [2.05, 4.69) is 21.7 Å². The van der Waals surface area contributed by atoms with Gasteiger partial charge in [-0.05, 0) is 33.4 Å². The minimum absolute atomic E-state index is 0.186. The highest BCUT2D eigenvalue weighted by molar-refractivity contribution is 5.50. The van der Waals surface area contributed by atoms with Gasteiger partial charge in [-0.1, -0.05) is 0 Å². The van der Waals surface area contributed by atoms with Gasteiger partial charge in [-0.15, -0.1) is 0 Å². The van der Waals surface area contributed by atoms with Crippen LogP contribution in [0.2, 0.25) is 0 Å². The predicted octanol–water partition coefficient (Wildman–Crippen LogP) is -0.319. The van der Waals surface area contributed by atoms with Crippen molar-refractivity contribution in [1.82, 2.24) is 19.8 Å². The Balaban J connectivity index is 1.80. The van der Waals surface area contributed by atoms with Crippen LogP contribution in [0.5, 0.6) is 0 Å². The topological polar surface area (TPSA) is 76.0 Å². The lowest BCUT2D eigenvalue weighted by molar-refractivity contribution is 0.0604. The molecule has 0 aromatic carbocycles. The molecule has 0 unspecified atom stereocenters. The molecule has 7 heteroatoms. The first-order chi connectivity index (χ1) is 12.1. The van der Waals surface area contributed by atoms with Crippen molar-refractivity contribution in [1.29, 1.82) is 0 Å². The molecule has 2 N–H and O–H groups in total. The minimum atomic E-state index is -0.672. The molecule has 7 nitrogen and oxygen atoms in total. The molecule has 140 valence electrons. The quantitative estimate of drug-likeness (QED) is 0.772. The van der Waals surface area contributed by atoms with E-state index in [-0.39, 0.29) is 6.61 Å². The van der Waals surface area contributed by atoms with Crippen molar-refractivity contribution < 1.29 is 10.2 Å². The fourth-order valence-electron chi connectivity index (χ4n) is 3.80. The summed E-state index contributed by atoms with van der Waals surface area (Å²) in [5, 5.41) is 18.8. The Kier molecular flexibility index (Phi) is 6.22. The van der Waals surface area contributed by atoms with Gasteiger partial charge in [0.1, 0.15) is 11.6 Å². The molecule has 0 amide bonds. The van der Waals surface area contributed by atoms with Crippen LogP contribution in [-0.4, -0.2) is 95.6 Å². The monoisotopic (exact) mass is 349 g/mol. The standard InChI is InChI=1S/C18H31N5O2/c1-14-19-17-5-9-22(12-15(25)13-24)8-4-16(17)18(20-14)23-7-3-6-21(2)10-11-23/h15,24-25H,3-13H2,1-2H3/t15-/m0/s1. The minimum Gasteiger partial charge on any atom is -0.394 e. The molecule has 3 heterocycles. The molecule has 2 aliphatic rings. The lowest BCUT2D eigenvalue weighted by Crippen LogP contribution is -2.36. The fraction of sp³-hybridized carbons (Fsp3) is 0.778. The van der Waals surface area contributed by atoms with Crippen molar-refractivity contribution in [2.45, 2.75) is 32.3 Å². The molecule has 0 saturated carbocycles. The average molecular weight is 349 g/mol. The SMILES string of the molecule is Cc1nc2c(c(N3CCCN(C)CC3)n1)CCN(C[C@H](O)CO)CC2. The van der Waals surface area contributed by atoms with Gasteiger partial charge in [0.05, 0.1) is 18.4 Å². The Morgan fingerprint density at radius 3 is 2.64 bits per heavy atom. The summed E-state index contributed by atoms with van der Waals surface area (Å²) in [4.78, 5) is 16.5. The molecule has 0 aliphatic carbocycles. The highest BCUT2D eigenvalue weighted by Gasteiger charge is 2.24. The molecule has 3 rings (SSSR count). The molecule has 2 aliphatic heterocycles. The van der Waals surface area contributed by atoms with E-state index in [0.717, 1.165) is 75.9 Å². The Hall–Kier alpha value is -1.28. The fourth-order valence-corrected chi connectivity index (χ4v) is 3.80. The number of hydrogen-bond acceptors (Lipinski definition) is 7.